The Balaban J connectivity index is 1.66. The van der Waals surface area contributed by atoms with E-state index in [4.69, 9.17) is 11.6 Å². The summed E-state index contributed by atoms with van der Waals surface area (Å²) in [7, 11) is 0. The molecule has 25 heavy (non-hydrogen) atoms. The SMILES string of the molecule is Fc1cnc(NC2CCNCC2)nc1-c1ccc2nc(Cl)ccc2c1. The molecule has 3 heterocycles. The maximum atomic E-state index is 14.3. The van der Waals surface area contributed by atoms with E-state index in [1.165, 1.54) is 6.20 Å². The van der Waals surface area contributed by atoms with Gasteiger partial charge in [-0.15, -0.1) is 0 Å². The molecule has 0 amide bonds. The first-order valence-electron chi connectivity index (χ1n) is 8.25. The highest BCUT2D eigenvalue weighted by Gasteiger charge is 2.16. The maximum absolute atomic E-state index is 14.3. The van der Waals surface area contributed by atoms with E-state index in [2.05, 4.69) is 25.6 Å². The highest BCUT2D eigenvalue weighted by molar-refractivity contribution is 6.29. The molecule has 1 aromatic carbocycles. The summed E-state index contributed by atoms with van der Waals surface area (Å²) in [5.74, 6) is 0.00904. The van der Waals surface area contributed by atoms with Crippen molar-refractivity contribution in [2.24, 2.45) is 0 Å². The summed E-state index contributed by atoms with van der Waals surface area (Å²) >= 11 is 5.91. The lowest BCUT2D eigenvalue weighted by Crippen LogP contribution is -2.35. The molecular formula is C18H17ClFN5. The lowest BCUT2D eigenvalue weighted by Gasteiger charge is -2.23. The molecule has 1 aliphatic heterocycles. The third kappa shape index (κ3) is 3.55. The van der Waals surface area contributed by atoms with E-state index in [0.29, 0.717) is 22.7 Å². The second-order valence-electron chi connectivity index (χ2n) is 6.10. The van der Waals surface area contributed by atoms with Crippen molar-refractivity contribution >= 4 is 28.5 Å². The molecule has 2 N–H and O–H groups in total. The number of pyridine rings is 1. The number of nitrogens with zero attached hydrogens (tertiary/aromatic N) is 3. The van der Waals surface area contributed by atoms with Crippen LogP contribution in [0.2, 0.25) is 5.15 Å². The van der Waals surface area contributed by atoms with Crippen molar-refractivity contribution in [1.82, 2.24) is 20.3 Å². The highest BCUT2D eigenvalue weighted by Crippen LogP contribution is 2.26. The van der Waals surface area contributed by atoms with Gasteiger partial charge in [0.2, 0.25) is 5.95 Å². The van der Waals surface area contributed by atoms with Crippen molar-refractivity contribution in [1.29, 1.82) is 0 Å². The van der Waals surface area contributed by atoms with E-state index in [-0.39, 0.29) is 5.69 Å². The standard InChI is InChI=1S/C18H17ClFN5/c19-16-4-2-11-9-12(1-3-15(11)24-16)17-14(20)10-22-18(25-17)23-13-5-7-21-8-6-13/h1-4,9-10,13,21H,5-8H2,(H,22,23,25). The minimum absolute atomic E-state index is 0.281. The Bertz CT molecular complexity index is 911. The number of hydrogen-bond donors (Lipinski definition) is 2. The van der Waals surface area contributed by atoms with E-state index in [1.54, 1.807) is 12.1 Å². The first-order chi connectivity index (χ1) is 12.2. The maximum Gasteiger partial charge on any atom is 0.223 e. The lowest BCUT2D eigenvalue weighted by atomic mass is 10.1. The number of aromatic nitrogens is 3. The minimum atomic E-state index is -0.447. The average molecular weight is 358 g/mol. The van der Waals surface area contributed by atoms with Gasteiger partial charge in [0.15, 0.2) is 5.82 Å². The van der Waals surface area contributed by atoms with E-state index in [9.17, 15) is 4.39 Å². The Labute approximate surface area is 149 Å². The summed E-state index contributed by atoms with van der Waals surface area (Å²) in [6, 6.07) is 9.36. The van der Waals surface area contributed by atoms with E-state index in [0.717, 1.165) is 36.8 Å². The van der Waals surface area contributed by atoms with Gasteiger partial charge in [-0.25, -0.2) is 19.3 Å². The Morgan fingerprint density at radius 3 is 2.80 bits per heavy atom. The van der Waals surface area contributed by atoms with Crippen molar-refractivity contribution in [3.05, 3.63) is 47.5 Å². The van der Waals surface area contributed by atoms with Gasteiger partial charge in [0, 0.05) is 17.0 Å². The zero-order valence-corrected chi connectivity index (χ0v) is 14.2. The summed E-state index contributed by atoms with van der Waals surface area (Å²) in [5.41, 5.74) is 1.73. The highest BCUT2D eigenvalue weighted by atomic mass is 35.5. The Morgan fingerprint density at radius 1 is 1.12 bits per heavy atom. The van der Waals surface area contributed by atoms with Crippen LogP contribution < -0.4 is 10.6 Å². The Hall–Kier alpha value is -2.31. The zero-order chi connectivity index (χ0) is 17.2. The predicted molar refractivity (Wildman–Crippen MR) is 97.3 cm³/mol. The van der Waals surface area contributed by atoms with Gasteiger partial charge in [-0.3, -0.25) is 0 Å². The molecule has 2 aromatic heterocycles. The van der Waals surface area contributed by atoms with Gasteiger partial charge in [0.25, 0.3) is 0 Å². The van der Waals surface area contributed by atoms with E-state index < -0.39 is 5.82 Å². The number of anilines is 1. The van der Waals surface area contributed by atoms with Crippen molar-refractivity contribution in [3.8, 4) is 11.3 Å². The summed E-state index contributed by atoms with van der Waals surface area (Å²) in [4.78, 5) is 12.7. The molecule has 0 spiro atoms. The Kier molecular flexibility index (Phi) is 4.46. The molecule has 5 nitrogen and oxygen atoms in total. The fourth-order valence-corrected chi connectivity index (χ4v) is 3.19. The minimum Gasteiger partial charge on any atom is -0.351 e. The molecule has 128 valence electrons. The molecular weight excluding hydrogens is 341 g/mol. The van der Waals surface area contributed by atoms with Crippen LogP contribution in [0.25, 0.3) is 22.2 Å². The molecule has 1 saturated heterocycles. The molecule has 0 unspecified atom stereocenters. The first-order valence-corrected chi connectivity index (χ1v) is 8.63. The summed E-state index contributed by atoms with van der Waals surface area (Å²) < 4.78 is 14.3. The van der Waals surface area contributed by atoms with Crippen LogP contribution in [0.1, 0.15) is 12.8 Å². The van der Waals surface area contributed by atoms with Gasteiger partial charge in [0.1, 0.15) is 10.8 Å². The molecule has 7 heteroatoms. The van der Waals surface area contributed by atoms with E-state index >= 15 is 0 Å². The second-order valence-corrected chi connectivity index (χ2v) is 6.49. The monoisotopic (exact) mass is 357 g/mol. The number of benzene rings is 1. The molecule has 1 aliphatic rings. The smallest absolute Gasteiger partial charge is 0.223 e. The van der Waals surface area contributed by atoms with Crippen molar-refractivity contribution < 1.29 is 4.39 Å². The molecule has 0 bridgehead atoms. The number of nitrogens with one attached hydrogen (secondary N) is 2. The molecule has 3 aromatic rings. The van der Waals surface area contributed by atoms with Crippen LogP contribution in [-0.2, 0) is 0 Å². The fourth-order valence-electron chi connectivity index (χ4n) is 3.04. The average Bonchev–Trinajstić information content (AvgIpc) is 2.64. The summed E-state index contributed by atoms with van der Waals surface area (Å²) in [6.45, 7) is 1.93. The van der Waals surface area contributed by atoms with Gasteiger partial charge in [-0.1, -0.05) is 17.7 Å². The fraction of sp³-hybridized carbons (Fsp3) is 0.278. The van der Waals surface area contributed by atoms with Crippen LogP contribution in [0, 0.1) is 5.82 Å². The number of halogens is 2. The van der Waals surface area contributed by atoms with Crippen LogP contribution in [0.15, 0.2) is 36.5 Å². The molecule has 0 atom stereocenters. The first kappa shape index (κ1) is 16.2. The van der Waals surface area contributed by atoms with E-state index in [1.807, 2.05) is 18.2 Å². The molecule has 1 fully saturated rings. The predicted octanol–water partition coefficient (Wildman–Crippen LogP) is 3.65. The quantitative estimate of drug-likeness (QED) is 0.700. The summed E-state index contributed by atoms with van der Waals surface area (Å²) in [6.07, 6.45) is 3.22. The molecule has 0 radical (unpaired) electrons. The van der Waals surface area contributed by atoms with Gasteiger partial charge in [-0.2, -0.15) is 0 Å². The summed E-state index contributed by atoms with van der Waals surface area (Å²) in [5, 5.41) is 7.93. The van der Waals surface area contributed by atoms with Crippen LogP contribution in [0.4, 0.5) is 10.3 Å². The van der Waals surface area contributed by atoms with Crippen molar-refractivity contribution in [2.45, 2.75) is 18.9 Å². The van der Waals surface area contributed by atoms with Gasteiger partial charge >= 0.3 is 0 Å². The Morgan fingerprint density at radius 2 is 1.96 bits per heavy atom. The molecule has 0 aliphatic carbocycles. The second kappa shape index (κ2) is 6.90. The third-order valence-electron chi connectivity index (χ3n) is 4.35. The van der Waals surface area contributed by atoms with Crippen LogP contribution in [0.5, 0.6) is 0 Å². The third-order valence-corrected chi connectivity index (χ3v) is 4.56. The number of hydrogen-bond acceptors (Lipinski definition) is 5. The lowest BCUT2D eigenvalue weighted by molar-refractivity contribution is 0.477. The van der Waals surface area contributed by atoms with Crippen LogP contribution in [0.3, 0.4) is 0 Å². The topological polar surface area (TPSA) is 62.7 Å². The molecule has 0 saturated carbocycles. The number of rotatable bonds is 3. The van der Waals surface area contributed by atoms with Gasteiger partial charge in [0.05, 0.1) is 11.7 Å². The van der Waals surface area contributed by atoms with Gasteiger partial charge in [-0.05, 0) is 50.2 Å². The normalized spacial score (nSPS) is 15.4. The van der Waals surface area contributed by atoms with Crippen molar-refractivity contribution in [3.63, 3.8) is 0 Å². The molecule has 4 rings (SSSR count). The zero-order valence-electron chi connectivity index (χ0n) is 13.5. The van der Waals surface area contributed by atoms with Crippen LogP contribution in [-0.4, -0.2) is 34.1 Å². The van der Waals surface area contributed by atoms with Gasteiger partial charge < -0.3 is 10.6 Å². The van der Waals surface area contributed by atoms with Crippen molar-refractivity contribution in [2.75, 3.05) is 18.4 Å². The van der Waals surface area contributed by atoms with Crippen LogP contribution >= 0.6 is 11.6 Å². The number of piperidine rings is 1. The largest absolute Gasteiger partial charge is 0.351 e. The number of fused-ring (bicyclic) bond motifs is 1.